The number of aryl methyl sites for hydroxylation is 1. The van der Waals surface area contributed by atoms with Gasteiger partial charge in [-0.3, -0.25) is 0 Å². The molecule has 3 rings (SSSR count). The van der Waals surface area contributed by atoms with Crippen molar-refractivity contribution in [3.63, 3.8) is 0 Å². The van der Waals surface area contributed by atoms with Crippen LogP contribution in [-0.4, -0.2) is 0 Å². The van der Waals surface area contributed by atoms with Gasteiger partial charge in [-0.25, -0.2) is 0 Å². The first-order chi connectivity index (χ1) is 9.65. The Hall–Kier alpha value is -1.31. The second-order valence-corrected chi connectivity index (χ2v) is 6.19. The van der Waals surface area contributed by atoms with Crippen LogP contribution in [0.4, 0.5) is 0 Å². The van der Waals surface area contributed by atoms with Gasteiger partial charge >= 0.3 is 0 Å². The van der Waals surface area contributed by atoms with Gasteiger partial charge < -0.3 is 5.73 Å². The summed E-state index contributed by atoms with van der Waals surface area (Å²) in [5.74, 6) is 0.776. The monoisotopic (exact) mass is 285 g/mol. The molecule has 20 heavy (non-hydrogen) atoms. The van der Waals surface area contributed by atoms with Gasteiger partial charge in [0, 0.05) is 5.02 Å². The minimum Gasteiger partial charge on any atom is -0.320 e. The average molecular weight is 286 g/mol. The fourth-order valence-electron chi connectivity index (χ4n) is 2.77. The van der Waals surface area contributed by atoms with Gasteiger partial charge in [0.2, 0.25) is 0 Å². The molecule has 0 saturated heterocycles. The van der Waals surface area contributed by atoms with E-state index in [1.807, 2.05) is 19.1 Å². The summed E-state index contributed by atoms with van der Waals surface area (Å²) in [4.78, 5) is 0. The van der Waals surface area contributed by atoms with E-state index >= 15 is 0 Å². The van der Waals surface area contributed by atoms with Gasteiger partial charge in [0.25, 0.3) is 0 Å². The highest BCUT2D eigenvalue weighted by Gasteiger charge is 2.19. The van der Waals surface area contributed by atoms with E-state index in [4.69, 9.17) is 17.3 Å². The van der Waals surface area contributed by atoms with Gasteiger partial charge in [0.1, 0.15) is 0 Å². The molecule has 2 heteroatoms. The molecule has 0 aromatic heterocycles. The van der Waals surface area contributed by atoms with E-state index in [2.05, 4.69) is 30.3 Å². The third kappa shape index (κ3) is 2.61. The van der Waals surface area contributed by atoms with E-state index < -0.39 is 0 Å². The third-order valence-electron chi connectivity index (χ3n) is 4.41. The van der Waals surface area contributed by atoms with Crippen LogP contribution in [0.15, 0.2) is 42.5 Å². The second kappa shape index (κ2) is 5.59. The Labute approximate surface area is 125 Å². The molecule has 1 saturated carbocycles. The molecule has 1 nitrogen and oxygen atoms in total. The van der Waals surface area contributed by atoms with Crippen LogP contribution in [-0.2, 0) is 0 Å². The lowest BCUT2D eigenvalue weighted by atomic mass is 9.79. The van der Waals surface area contributed by atoms with Crippen molar-refractivity contribution in [1.82, 2.24) is 0 Å². The van der Waals surface area contributed by atoms with Crippen LogP contribution in [0.5, 0.6) is 0 Å². The van der Waals surface area contributed by atoms with E-state index in [0.717, 1.165) is 27.6 Å². The van der Waals surface area contributed by atoms with Crippen LogP contribution in [0.3, 0.4) is 0 Å². The van der Waals surface area contributed by atoms with E-state index in [0.29, 0.717) is 0 Å². The van der Waals surface area contributed by atoms with Gasteiger partial charge in [-0.15, -0.1) is 0 Å². The molecule has 2 N–H and O–H groups in total. The number of benzene rings is 2. The highest BCUT2D eigenvalue weighted by atomic mass is 35.5. The minimum atomic E-state index is -0.0820. The maximum absolute atomic E-state index is 6.36. The molecule has 0 radical (unpaired) electrons. The first-order valence-corrected chi connectivity index (χ1v) is 7.64. The largest absolute Gasteiger partial charge is 0.320 e. The summed E-state index contributed by atoms with van der Waals surface area (Å²) in [6.07, 6.45) is 4.04. The van der Waals surface area contributed by atoms with Crippen molar-refractivity contribution in [1.29, 1.82) is 0 Å². The highest BCUT2D eigenvalue weighted by molar-refractivity contribution is 6.31. The van der Waals surface area contributed by atoms with Crippen LogP contribution in [0, 0.1) is 6.92 Å². The Morgan fingerprint density at radius 1 is 1.05 bits per heavy atom. The van der Waals surface area contributed by atoms with Crippen molar-refractivity contribution in [2.75, 3.05) is 0 Å². The van der Waals surface area contributed by atoms with Crippen LogP contribution in [0.2, 0.25) is 5.02 Å². The molecular formula is C18H20ClN. The summed E-state index contributed by atoms with van der Waals surface area (Å²) in [6, 6.07) is 14.7. The topological polar surface area (TPSA) is 26.0 Å². The summed E-state index contributed by atoms with van der Waals surface area (Å²) >= 11 is 6.07. The molecule has 0 aliphatic heterocycles. The average Bonchev–Trinajstić information content (AvgIpc) is 2.40. The maximum atomic E-state index is 6.36. The SMILES string of the molecule is Cc1cc(C(N)c2ccc(C3CCC3)cc2)ccc1Cl. The normalized spacial score (nSPS) is 16.8. The summed E-state index contributed by atoms with van der Waals surface area (Å²) in [7, 11) is 0. The van der Waals surface area contributed by atoms with Crippen LogP contribution < -0.4 is 5.73 Å². The molecule has 1 atom stereocenters. The number of halogens is 1. The summed E-state index contributed by atoms with van der Waals surface area (Å²) in [5, 5.41) is 0.793. The first kappa shape index (κ1) is 13.7. The van der Waals surface area contributed by atoms with Crippen molar-refractivity contribution in [2.24, 2.45) is 5.73 Å². The van der Waals surface area contributed by atoms with Gasteiger partial charge in [-0.1, -0.05) is 54.4 Å². The molecule has 1 unspecified atom stereocenters. The Kier molecular flexibility index (Phi) is 3.82. The molecule has 0 amide bonds. The Bertz CT molecular complexity index is 599. The van der Waals surface area contributed by atoms with Crippen molar-refractivity contribution in [3.05, 3.63) is 69.7 Å². The van der Waals surface area contributed by atoms with Crippen molar-refractivity contribution in [3.8, 4) is 0 Å². The fourth-order valence-corrected chi connectivity index (χ4v) is 2.89. The molecule has 0 spiro atoms. The number of hydrogen-bond donors (Lipinski definition) is 1. The number of rotatable bonds is 3. The molecule has 2 aromatic rings. The van der Waals surface area contributed by atoms with Crippen molar-refractivity contribution < 1.29 is 0 Å². The fraction of sp³-hybridized carbons (Fsp3) is 0.333. The van der Waals surface area contributed by atoms with Crippen molar-refractivity contribution in [2.45, 2.75) is 38.1 Å². The molecule has 1 aliphatic carbocycles. The smallest absolute Gasteiger partial charge is 0.0551 e. The molecular weight excluding hydrogens is 266 g/mol. The predicted octanol–water partition coefficient (Wildman–Crippen LogP) is 4.96. The summed E-state index contributed by atoms with van der Waals surface area (Å²) in [6.45, 7) is 2.01. The lowest BCUT2D eigenvalue weighted by molar-refractivity contribution is 0.419. The Morgan fingerprint density at radius 3 is 2.25 bits per heavy atom. The second-order valence-electron chi connectivity index (χ2n) is 5.78. The van der Waals surface area contributed by atoms with Gasteiger partial charge in [0.15, 0.2) is 0 Å². The van der Waals surface area contributed by atoms with Gasteiger partial charge in [-0.2, -0.15) is 0 Å². The Balaban J connectivity index is 1.82. The molecule has 1 aliphatic rings. The zero-order valence-electron chi connectivity index (χ0n) is 11.8. The van der Waals surface area contributed by atoms with E-state index in [-0.39, 0.29) is 6.04 Å². The van der Waals surface area contributed by atoms with Crippen LogP contribution >= 0.6 is 11.6 Å². The summed E-state index contributed by atoms with van der Waals surface area (Å²) < 4.78 is 0. The van der Waals surface area contributed by atoms with E-state index in [1.165, 1.54) is 24.8 Å². The first-order valence-electron chi connectivity index (χ1n) is 7.26. The Morgan fingerprint density at radius 2 is 1.70 bits per heavy atom. The molecule has 0 heterocycles. The molecule has 104 valence electrons. The number of hydrogen-bond acceptors (Lipinski definition) is 1. The van der Waals surface area contributed by atoms with Crippen molar-refractivity contribution >= 4 is 11.6 Å². The zero-order chi connectivity index (χ0) is 14.1. The quantitative estimate of drug-likeness (QED) is 0.847. The standard InChI is InChI=1S/C18H20ClN/c1-12-11-16(9-10-17(12)19)18(20)15-7-5-14(6-8-15)13-3-2-4-13/h5-11,13,18H,2-4,20H2,1H3. The third-order valence-corrected chi connectivity index (χ3v) is 4.84. The lowest BCUT2D eigenvalue weighted by Crippen LogP contribution is -2.13. The van der Waals surface area contributed by atoms with E-state index in [9.17, 15) is 0 Å². The molecule has 2 aromatic carbocycles. The van der Waals surface area contributed by atoms with Gasteiger partial charge in [0.05, 0.1) is 6.04 Å². The zero-order valence-corrected chi connectivity index (χ0v) is 12.5. The highest BCUT2D eigenvalue weighted by Crippen LogP contribution is 2.36. The van der Waals surface area contributed by atoms with Gasteiger partial charge in [-0.05, 0) is 54.0 Å². The number of nitrogens with two attached hydrogens (primary N) is 1. The molecule has 0 bridgehead atoms. The minimum absolute atomic E-state index is 0.0820. The van der Waals surface area contributed by atoms with Crippen LogP contribution in [0.25, 0.3) is 0 Å². The predicted molar refractivity (Wildman–Crippen MR) is 85.3 cm³/mol. The lowest BCUT2D eigenvalue weighted by Gasteiger charge is -2.26. The summed E-state index contributed by atoms with van der Waals surface area (Å²) in [5.41, 5.74) is 11.2. The maximum Gasteiger partial charge on any atom is 0.0551 e. The van der Waals surface area contributed by atoms with E-state index in [1.54, 1.807) is 0 Å². The van der Waals surface area contributed by atoms with Crippen LogP contribution in [0.1, 0.15) is 53.5 Å². The molecule has 1 fully saturated rings.